The summed E-state index contributed by atoms with van der Waals surface area (Å²) in [6.45, 7) is 1.92. The highest BCUT2D eigenvalue weighted by atomic mass is 16.4. The standard InChI is InChI=1S/C10H12N2O3/c1-2-6-3-4-8(12-10(11)15)7(5-6)9(13)14/h3-5H,2H2,1H3,(H,13,14)(H3,11,12,15). The molecule has 1 aromatic rings. The van der Waals surface area contributed by atoms with E-state index in [0.29, 0.717) is 0 Å². The lowest BCUT2D eigenvalue weighted by Crippen LogP contribution is -2.21. The molecular formula is C10H12N2O3. The molecule has 0 radical (unpaired) electrons. The summed E-state index contributed by atoms with van der Waals surface area (Å²) in [4.78, 5) is 21.5. The maximum atomic E-state index is 10.9. The van der Waals surface area contributed by atoms with Gasteiger partial charge in [-0.2, -0.15) is 0 Å². The molecule has 5 nitrogen and oxygen atoms in total. The Morgan fingerprint density at radius 2 is 2.13 bits per heavy atom. The second kappa shape index (κ2) is 4.45. The number of hydrogen-bond acceptors (Lipinski definition) is 2. The van der Waals surface area contributed by atoms with Gasteiger partial charge in [-0.1, -0.05) is 13.0 Å². The monoisotopic (exact) mass is 208 g/mol. The third-order valence-corrected chi connectivity index (χ3v) is 1.98. The number of nitrogens with one attached hydrogen (secondary N) is 1. The van der Waals surface area contributed by atoms with Gasteiger partial charge >= 0.3 is 12.0 Å². The van der Waals surface area contributed by atoms with E-state index in [9.17, 15) is 9.59 Å². The predicted octanol–water partition coefficient (Wildman–Crippen LogP) is 1.44. The molecule has 0 fully saturated rings. The number of carbonyl (C=O) groups excluding carboxylic acids is 1. The van der Waals surface area contributed by atoms with Crippen LogP contribution in [0.1, 0.15) is 22.8 Å². The van der Waals surface area contributed by atoms with Crippen LogP contribution in [-0.4, -0.2) is 17.1 Å². The summed E-state index contributed by atoms with van der Waals surface area (Å²) in [7, 11) is 0. The summed E-state index contributed by atoms with van der Waals surface area (Å²) in [6, 6.07) is 4.03. The fraction of sp³-hybridized carbons (Fsp3) is 0.200. The molecule has 0 aliphatic heterocycles. The highest BCUT2D eigenvalue weighted by Crippen LogP contribution is 2.17. The average Bonchev–Trinajstić information content (AvgIpc) is 2.17. The predicted molar refractivity (Wildman–Crippen MR) is 56.0 cm³/mol. The van der Waals surface area contributed by atoms with Crippen LogP contribution in [0.3, 0.4) is 0 Å². The summed E-state index contributed by atoms with van der Waals surface area (Å²) >= 11 is 0. The minimum Gasteiger partial charge on any atom is -0.478 e. The topological polar surface area (TPSA) is 92.4 Å². The smallest absolute Gasteiger partial charge is 0.337 e. The van der Waals surface area contributed by atoms with Gasteiger partial charge in [0.2, 0.25) is 0 Å². The molecule has 0 aliphatic carbocycles. The average molecular weight is 208 g/mol. The first-order chi connectivity index (χ1) is 7.04. The highest BCUT2D eigenvalue weighted by Gasteiger charge is 2.11. The number of primary amides is 1. The molecule has 80 valence electrons. The molecule has 1 aromatic carbocycles. The lowest BCUT2D eigenvalue weighted by Gasteiger charge is -2.07. The van der Waals surface area contributed by atoms with Crippen molar-refractivity contribution in [2.45, 2.75) is 13.3 Å². The van der Waals surface area contributed by atoms with Gasteiger partial charge in [0.05, 0.1) is 11.3 Å². The second-order valence-corrected chi connectivity index (χ2v) is 3.03. The Hall–Kier alpha value is -2.04. The lowest BCUT2D eigenvalue weighted by atomic mass is 10.1. The molecule has 2 amide bonds. The third-order valence-electron chi connectivity index (χ3n) is 1.98. The van der Waals surface area contributed by atoms with Crippen LogP contribution in [0, 0.1) is 0 Å². The zero-order valence-electron chi connectivity index (χ0n) is 8.28. The lowest BCUT2D eigenvalue weighted by molar-refractivity contribution is 0.0698. The Morgan fingerprint density at radius 1 is 1.47 bits per heavy atom. The summed E-state index contributed by atoms with van der Waals surface area (Å²) in [5, 5.41) is 11.2. The molecule has 0 aliphatic rings. The van der Waals surface area contributed by atoms with Crippen LogP contribution >= 0.6 is 0 Å². The van der Waals surface area contributed by atoms with Gasteiger partial charge in [-0.25, -0.2) is 9.59 Å². The maximum absolute atomic E-state index is 10.9. The molecule has 0 unspecified atom stereocenters. The molecule has 1 rings (SSSR count). The van der Waals surface area contributed by atoms with Gasteiger partial charge in [0, 0.05) is 0 Å². The van der Waals surface area contributed by atoms with E-state index in [-0.39, 0.29) is 11.3 Å². The van der Waals surface area contributed by atoms with Gasteiger partial charge in [-0.05, 0) is 24.1 Å². The number of nitrogens with two attached hydrogens (primary N) is 1. The first-order valence-corrected chi connectivity index (χ1v) is 4.47. The van der Waals surface area contributed by atoms with E-state index in [1.54, 1.807) is 6.07 Å². The Balaban J connectivity index is 3.15. The second-order valence-electron chi connectivity index (χ2n) is 3.03. The van der Waals surface area contributed by atoms with Crippen molar-refractivity contribution in [3.05, 3.63) is 29.3 Å². The van der Waals surface area contributed by atoms with E-state index >= 15 is 0 Å². The molecule has 0 saturated heterocycles. The van der Waals surface area contributed by atoms with Gasteiger partial charge in [0.1, 0.15) is 0 Å². The van der Waals surface area contributed by atoms with Crippen LogP contribution < -0.4 is 11.1 Å². The first kappa shape index (κ1) is 11.0. The third kappa shape index (κ3) is 2.70. The van der Waals surface area contributed by atoms with Crippen LogP contribution in [0.15, 0.2) is 18.2 Å². The van der Waals surface area contributed by atoms with Crippen LogP contribution in [0.2, 0.25) is 0 Å². The molecule has 5 heteroatoms. The number of benzene rings is 1. The van der Waals surface area contributed by atoms with Crippen molar-refractivity contribution in [2.75, 3.05) is 5.32 Å². The summed E-state index contributed by atoms with van der Waals surface area (Å²) in [5.41, 5.74) is 6.08. The fourth-order valence-corrected chi connectivity index (χ4v) is 1.23. The Kier molecular flexibility index (Phi) is 3.28. The zero-order chi connectivity index (χ0) is 11.4. The van der Waals surface area contributed by atoms with Gasteiger partial charge < -0.3 is 16.2 Å². The molecule has 0 spiro atoms. The zero-order valence-corrected chi connectivity index (χ0v) is 8.28. The number of urea groups is 1. The van der Waals surface area contributed by atoms with Gasteiger partial charge in [-0.15, -0.1) is 0 Å². The SMILES string of the molecule is CCc1ccc(NC(N)=O)c(C(=O)O)c1. The molecule has 15 heavy (non-hydrogen) atoms. The summed E-state index contributed by atoms with van der Waals surface area (Å²) in [6.07, 6.45) is 0.733. The minimum atomic E-state index is -1.09. The largest absolute Gasteiger partial charge is 0.478 e. The van der Waals surface area contributed by atoms with E-state index in [1.165, 1.54) is 12.1 Å². The van der Waals surface area contributed by atoms with Gasteiger partial charge in [0.25, 0.3) is 0 Å². The highest BCUT2D eigenvalue weighted by molar-refractivity contribution is 5.99. The molecule has 0 atom stereocenters. The fourth-order valence-electron chi connectivity index (χ4n) is 1.23. The van der Waals surface area contributed by atoms with Crippen molar-refractivity contribution < 1.29 is 14.7 Å². The number of carboxylic acid groups (broad SMARTS) is 1. The molecule has 0 saturated carbocycles. The van der Waals surface area contributed by atoms with Gasteiger partial charge in [0.15, 0.2) is 0 Å². The summed E-state index contributed by atoms with van der Waals surface area (Å²) in [5.74, 6) is -1.09. The summed E-state index contributed by atoms with van der Waals surface area (Å²) < 4.78 is 0. The van der Waals surface area contributed by atoms with Crippen LogP contribution in [0.25, 0.3) is 0 Å². The Labute approximate surface area is 86.9 Å². The van der Waals surface area contributed by atoms with Crippen molar-refractivity contribution in [3.63, 3.8) is 0 Å². The van der Waals surface area contributed by atoms with Crippen molar-refractivity contribution in [1.82, 2.24) is 0 Å². The number of carboxylic acids is 1. The maximum Gasteiger partial charge on any atom is 0.337 e. The molecule has 4 N–H and O–H groups in total. The molecule has 0 heterocycles. The molecule has 0 aromatic heterocycles. The van der Waals surface area contributed by atoms with E-state index < -0.39 is 12.0 Å². The van der Waals surface area contributed by atoms with Crippen molar-refractivity contribution in [3.8, 4) is 0 Å². The van der Waals surface area contributed by atoms with E-state index in [1.807, 2.05) is 6.92 Å². The van der Waals surface area contributed by atoms with E-state index in [4.69, 9.17) is 10.8 Å². The minimum absolute atomic E-state index is 0.0492. The van der Waals surface area contributed by atoms with Crippen molar-refractivity contribution in [2.24, 2.45) is 5.73 Å². The normalized spacial score (nSPS) is 9.67. The number of aryl methyl sites for hydroxylation is 1. The number of hydrogen-bond donors (Lipinski definition) is 3. The van der Waals surface area contributed by atoms with Gasteiger partial charge in [-0.3, -0.25) is 0 Å². The number of carbonyl (C=O) groups is 2. The Bertz CT molecular complexity index is 402. The van der Waals surface area contributed by atoms with E-state index in [2.05, 4.69) is 5.32 Å². The molecule has 0 bridgehead atoms. The number of anilines is 1. The van der Waals surface area contributed by atoms with Crippen LogP contribution in [0.4, 0.5) is 10.5 Å². The van der Waals surface area contributed by atoms with E-state index in [0.717, 1.165) is 12.0 Å². The number of amides is 2. The van der Waals surface area contributed by atoms with Crippen molar-refractivity contribution in [1.29, 1.82) is 0 Å². The molecular weight excluding hydrogens is 196 g/mol. The number of aromatic carboxylic acids is 1. The Morgan fingerprint density at radius 3 is 2.60 bits per heavy atom. The quantitative estimate of drug-likeness (QED) is 0.701. The number of rotatable bonds is 3. The van der Waals surface area contributed by atoms with Crippen LogP contribution in [0.5, 0.6) is 0 Å². The first-order valence-electron chi connectivity index (χ1n) is 4.47. The van der Waals surface area contributed by atoms with Crippen LogP contribution in [-0.2, 0) is 6.42 Å². The van der Waals surface area contributed by atoms with Crippen molar-refractivity contribution >= 4 is 17.7 Å².